The zero-order valence-corrected chi connectivity index (χ0v) is 15.0. The number of piperidine rings is 1. The third-order valence-electron chi connectivity index (χ3n) is 4.27. The average Bonchev–Trinajstić information content (AvgIpc) is 2.60. The fraction of sp³-hybridized carbons (Fsp3) is 0.579. The van der Waals surface area contributed by atoms with Crippen LogP contribution in [0.5, 0.6) is 0 Å². The smallest absolute Gasteiger partial charge is 0.239 e. The van der Waals surface area contributed by atoms with Gasteiger partial charge in [0.05, 0.1) is 11.8 Å². The van der Waals surface area contributed by atoms with Gasteiger partial charge < -0.3 is 15.1 Å². The predicted molar refractivity (Wildman–Crippen MR) is 96.8 cm³/mol. The minimum absolute atomic E-state index is 0.0854. The van der Waals surface area contributed by atoms with E-state index in [4.69, 9.17) is 4.84 Å². The molecule has 0 saturated carbocycles. The number of carbonyl (C=O) groups is 1. The third kappa shape index (κ3) is 5.64. The van der Waals surface area contributed by atoms with Crippen molar-refractivity contribution in [1.29, 1.82) is 0 Å². The number of amides is 1. The maximum Gasteiger partial charge on any atom is 0.239 e. The molecule has 1 amide bonds. The Balaban J connectivity index is 1.78. The van der Waals surface area contributed by atoms with Crippen molar-refractivity contribution in [3.05, 3.63) is 35.9 Å². The highest BCUT2D eigenvalue weighted by Gasteiger charge is 2.26. The van der Waals surface area contributed by atoms with Gasteiger partial charge in [-0.15, -0.1) is 0 Å². The van der Waals surface area contributed by atoms with E-state index in [9.17, 15) is 4.79 Å². The summed E-state index contributed by atoms with van der Waals surface area (Å²) < 4.78 is 0. The number of likely N-dealkylation sites (N-methyl/N-ethyl adjacent to an activating group) is 1. The van der Waals surface area contributed by atoms with Crippen LogP contribution in [-0.2, 0) is 16.2 Å². The number of nitrogens with one attached hydrogen (secondary N) is 1. The van der Waals surface area contributed by atoms with E-state index in [2.05, 4.69) is 24.3 Å². The molecule has 2 rings (SSSR count). The monoisotopic (exact) mass is 331 g/mol. The van der Waals surface area contributed by atoms with Crippen molar-refractivity contribution in [2.24, 2.45) is 11.1 Å². The lowest BCUT2D eigenvalue weighted by Crippen LogP contribution is -2.48. The fourth-order valence-electron chi connectivity index (χ4n) is 2.88. The van der Waals surface area contributed by atoms with Crippen molar-refractivity contribution in [3.63, 3.8) is 0 Å². The lowest BCUT2D eigenvalue weighted by molar-refractivity contribution is -0.133. The van der Waals surface area contributed by atoms with Gasteiger partial charge in [-0.3, -0.25) is 4.79 Å². The second kappa shape index (κ2) is 9.42. The molecule has 1 saturated heterocycles. The largest absolute Gasteiger partial charge is 0.391 e. The van der Waals surface area contributed by atoms with Gasteiger partial charge >= 0.3 is 0 Å². The first-order valence-electron chi connectivity index (χ1n) is 8.77. The van der Waals surface area contributed by atoms with Crippen LogP contribution < -0.4 is 5.32 Å². The zero-order valence-electron chi connectivity index (χ0n) is 15.0. The molecule has 0 aliphatic carbocycles. The molecule has 24 heavy (non-hydrogen) atoms. The van der Waals surface area contributed by atoms with Crippen molar-refractivity contribution >= 4 is 11.6 Å². The molecule has 0 aromatic heterocycles. The Labute approximate surface area is 145 Å². The number of hydrogen-bond acceptors (Lipinski definition) is 4. The van der Waals surface area contributed by atoms with Crippen LogP contribution in [0, 0.1) is 5.92 Å². The Hall–Kier alpha value is -1.88. The van der Waals surface area contributed by atoms with Crippen molar-refractivity contribution in [2.75, 3.05) is 20.1 Å². The van der Waals surface area contributed by atoms with Crippen LogP contribution in [-0.4, -0.2) is 42.7 Å². The summed E-state index contributed by atoms with van der Waals surface area (Å²) in [5, 5.41) is 7.40. The maximum absolute atomic E-state index is 12.6. The Morgan fingerprint density at radius 2 is 1.92 bits per heavy atom. The highest BCUT2D eigenvalue weighted by molar-refractivity contribution is 5.88. The van der Waals surface area contributed by atoms with E-state index in [0.717, 1.165) is 43.6 Å². The van der Waals surface area contributed by atoms with Gasteiger partial charge in [0.15, 0.2) is 0 Å². The van der Waals surface area contributed by atoms with Gasteiger partial charge in [0.25, 0.3) is 0 Å². The zero-order chi connectivity index (χ0) is 17.4. The predicted octanol–water partition coefficient (Wildman–Crippen LogP) is 2.82. The second-order valence-corrected chi connectivity index (χ2v) is 6.71. The molecule has 0 bridgehead atoms. The topological polar surface area (TPSA) is 53.9 Å². The van der Waals surface area contributed by atoms with Crippen molar-refractivity contribution < 1.29 is 9.63 Å². The summed E-state index contributed by atoms with van der Waals surface area (Å²) in [5.41, 5.74) is 2.15. The molecule has 1 aromatic carbocycles. The molecule has 1 fully saturated rings. The van der Waals surface area contributed by atoms with E-state index in [0.29, 0.717) is 12.5 Å². The quantitative estimate of drug-likeness (QED) is 0.782. The van der Waals surface area contributed by atoms with E-state index in [1.165, 1.54) is 0 Å². The summed E-state index contributed by atoms with van der Waals surface area (Å²) in [6, 6.07) is 9.93. The number of likely N-dealkylation sites (tertiary alicyclic amines) is 1. The summed E-state index contributed by atoms with van der Waals surface area (Å²) in [7, 11) is 1.86. The van der Waals surface area contributed by atoms with Crippen LogP contribution in [0.15, 0.2) is 35.5 Å². The summed E-state index contributed by atoms with van der Waals surface area (Å²) in [5.74, 6) is 0.704. The van der Waals surface area contributed by atoms with Crippen LogP contribution in [0.4, 0.5) is 0 Å². The lowest BCUT2D eigenvalue weighted by Gasteiger charge is -2.31. The number of carbonyl (C=O) groups excluding carboxylic acids is 1. The normalized spacial score (nSPS) is 16.2. The van der Waals surface area contributed by atoms with E-state index < -0.39 is 0 Å². The molecule has 5 heteroatoms. The molecule has 1 atom stereocenters. The molecule has 0 radical (unpaired) electrons. The highest BCUT2D eigenvalue weighted by Crippen LogP contribution is 2.13. The van der Waals surface area contributed by atoms with Crippen LogP contribution in [0.3, 0.4) is 0 Å². The Kier molecular flexibility index (Phi) is 7.25. The third-order valence-corrected chi connectivity index (χ3v) is 4.27. The van der Waals surface area contributed by atoms with Gasteiger partial charge in [-0.25, -0.2) is 0 Å². The first kappa shape index (κ1) is 18.5. The van der Waals surface area contributed by atoms with Crippen LogP contribution in [0.25, 0.3) is 0 Å². The van der Waals surface area contributed by atoms with Crippen LogP contribution >= 0.6 is 0 Å². The number of hydrogen-bond donors (Lipinski definition) is 1. The van der Waals surface area contributed by atoms with Gasteiger partial charge in [-0.05, 0) is 24.9 Å². The molecule has 1 N–H and O–H groups in total. The minimum atomic E-state index is -0.0854. The van der Waals surface area contributed by atoms with Gasteiger partial charge in [0.1, 0.15) is 6.61 Å². The average molecular weight is 331 g/mol. The first-order chi connectivity index (χ1) is 11.6. The molecule has 5 nitrogen and oxygen atoms in total. The summed E-state index contributed by atoms with van der Waals surface area (Å²) in [6.45, 7) is 6.22. The van der Waals surface area contributed by atoms with Crippen molar-refractivity contribution in [1.82, 2.24) is 10.2 Å². The number of rotatable bonds is 7. The summed E-state index contributed by atoms with van der Waals surface area (Å²) >= 11 is 0. The van der Waals surface area contributed by atoms with Crippen LogP contribution in [0.2, 0.25) is 0 Å². The number of nitrogens with zero attached hydrogens (tertiary/aromatic N) is 2. The second-order valence-electron chi connectivity index (χ2n) is 6.71. The van der Waals surface area contributed by atoms with Gasteiger partial charge in [-0.2, -0.15) is 0 Å². The highest BCUT2D eigenvalue weighted by atomic mass is 16.6. The Bertz CT molecular complexity index is 533. The van der Waals surface area contributed by atoms with E-state index >= 15 is 0 Å². The molecular weight excluding hydrogens is 302 g/mol. The van der Waals surface area contributed by atoms with E-state index in [1.807, 2.05) is 42.3 Å². The summed E-state index contributed by atoms with van der Waals surface area (Å²) in [6.07, 6.45) is 2.45. The van der Waals surface area contributed by atoms with Crippen LogP contribution in [0.1, 0.15) is 38.7 Å². The molecule has 0 spiro atoms. The van der Waals surface area contributed by atoms with E-state index in [-0.39, 0.29) is 11.9 Å². The molecular formula is C19H29N3O2. The molecule has 1 aromatic rings. The molecule has 0 unspecified atom stereocenters. The summed E-state index contributed by atoms with van der Waals surface area (Å²) in [4.78, 5) is 20.0. The lowest BCUT2D eigenvalue weighted by atomic mass is 10.0. The molecule has 132 valence electrons. The maximum atomic E-state index is 12.6. The number of oxime groups is 1. The van der Waals surface area contributed by atoms with Gasteiger partial charge in [0, 0.05) is 25.9 Å². The van der Waals surface area contributed by atoms with Gasteiger partial charge in [0.2, 0.25) is 5.91 Å². The van der Waals surface area contributed by atoms with Gasteiger partial charge in [-0.1, -0.05) is 49.3 Å². The SMILES string of the molecule is CN[C@@H](CC(C)C)C(=O)N1CCC(=NOCc2ccccc2)CC1. The Morgan fingerprint density at radius 1 is 1.25 bits per heavy atom. The van der Waals surface area contributed by atoms with Crippen molar-refractivity contribution in [2.45, 2.75) is 45.8 Å². The van der Waals surface area contributed by atoms with Crippen molar-refractivity contribution in [3.8, 4) is 0 Å². The van der Waals surface area contributed by atoms with E-state index in [1.54, 1.807) is 0 Å². The molecule has 1 aliphatic heterocycles. The molecule has 1 aliphatic rings. The first-order valence-corrected chi connectivity index (χ1v) is 8.77. The minimum Gasteiger partial charge on any atom is -0.391 e. The Morgan fingerprint density at radius 3 is 2.50 bits per heavy atom. The number of benzene rings is 1. The molecule has 1 heterocycles. The standard InChI is InChI=1S/C19H29N3O2/c1-15(2)13-18(20-3)19(23)22-11-9-17(10-12-22)21-24-14-16-7-5-4-6-8-16/h4-8,15,18,20H,9-14H2,1-3H3/t18-/m0/s1. The fourth-order valence-corrected chi connectivity index (χ4v) is 2.88.